The van der Waals surface area contributed by atoms with Gasteiger partial charge in [-0.1, -0.05) is 0 Å². The first kappa shape index (κ1) is 17.2. The van der Waals surface area contributed by atoms with Crippen LogP contribution in [0.5, 0.6) is 11.5 Å². The number of hydrogen-bond donors (Lipinski definition) is 1. The molecule has 2 rings (SSSR count). The van der Waals surface area contributed by atoms with E-state index in [2.05, 4.69) is 0 Å². The topological polar surface area (TPSA) is 87.6 Å². The molecule has 0 bridgehead atoms. The second-order valence-electron chi connectivity index (χ2n) is 4.06. The Labute approximate surface area is 132 Å². The zero-order valence-corrected chi connectivity index (χ0v) is 13.1. The van der Waals surface area contributed by atoms with Gasteiger partial charge in [-0.15, -0.1) is 12.4 Å². The molecule has 0 unspecified atom stereocenters. The van der Waals surface area contributed by atoms with Gasteiger partial charge in [-0.2, -0.15) is 11.3 Å². The van der Waals surface area contributed by atoms with Crippen molar-refractivity contribution in [2.75, 3.05) is 14.2 Å². The molecule has 114 valence electrons. The van der Waals surface area contributed by atoms with Crippen LogP contribution in [-0.2, 0) is 0 Å². The summed E-state index contributed by atoms with van der Waals surface area (Å²) in [6.07, 6.45) is 0. The first-order valence-electron chi connectivity index (χ1n) is 5.76. The van der Waals surface area contributed by atoms with Gasteiger partial charge in [0.05, 0.1) is 36.8 Å². The summed E-state index contributed by atoms with van der Waals surface area (Å²) < 4.78 is 10.3. The van der Waals surface area contributed by atoms with Crippen LogP contribution in [0.1, 0.15) is 17.2 Å². The molecule has 0 saturated carbocycles. The molecule has 6 nitrogen and oxygen atoms in total. The van der Waals surface area contributed by atoms with Crippen molar-refractivity contribution in [2.24, 2.45) is 5.73 Å². The van der Waals surface area contributed by atoms with Crippen LogP contribution in [0.3, 0.4) is 0 Å². The highest BCUT2D eigenvalue weighted by molar-refractivity contribution is 7.08. The molecule has 0 spiro atoms. The predicted octanol–water partition coefficient (Wildman–Crippen LogP) is 3.14. The lowest BCUT2D eigenvalue weighted by Gasteiger charge is -2.14. The van der Waals surface area contributed by atoms with Gasteiger partial charge in [0.25, 0.3) is 5.69 Å². The summed E-state index contributed by atoms with van der Waals surface area (Å²) in [6, 6.07) is 4.15. The van der Waals surface area contributed by atoms with E-state index in [9.17, 15) is 10.1 Å². The number of nitro benzene ring substituents is 1. The van der Waals surface area contributed by atoms with Crippen molar-refractivity contribution in [2.45, 2.75) is 6.04 Å². The van der Waals surface area contributed by atoms with Crippen LogP contribution >= 0.6 is 23.7 Å². The smallest absolute Gasteiger partial charge is 0.278 e. The average Bonchev–Trinajstić information content (AvgIpc) is 2.98. The molecule has 0 aliphatic rings. The first-order chi connectivity index (χ1) is 9.58. The van der Waals surface area contributed by atoms with E-state index in [1.54, 1.807) is 6.07 Å². The van der Waals surface area contributed by atoms with Crippen molar-refractivity contribution in [1.82, 2.24) is 0 Å². The molecule has 1 atom stereocenters. The molecule has 2 N–H and O–H groups in total. The van der Waals surface area contributed by atoms with Crippen molar-refractivity contribution in [3.63, 3.8) is 0 Å². The maximum absolute atomic E-state index is 11.2. The number of nitrogens with two attached hydrogens (primary N) is 1. The zero-order valence-electron chi connectivity index (χ0n) is 11.4. The third-order valence-corrected chi connectivity index (χ3v) is 3.67. The fourth-order valence-corrected chi connectivity index (χ4v) is 2.62. The van der Waals surface area contributed by atoms with E-state index in [1.807, 2.05) is 16.8 Å². The molecule has 1 aromatic carbocycles. The van der Waals surface area contributed by atoms with Crippen LogP contribution < -0.4 is 15.2 Å². The van der Waals surface area contributed by atoms with Gasteiger partial charge in [0, 0.05) is 0 Å². The Morgan fingerprint density at radius 2 is 1.90 bits per heavy atom. The molecule has 21 heavy (non-hydrogen) atoms. The largest absolute Gasteiger partial charge is 0.493 e. The van der Waals surface area contributed by atoms with Crippen molar-refractivity contribution >= 4 is 29.4 Å². The summed E-state index contributed by atoms with van der Waals surface area (Å²) in [5, 5.41) is 15.0. The van der Waals surface area contributed by atoms with Crippen molar-refractivity contribution in [3.05, 3.63) is 50.2 Å². The van der Waals surface area contributed by atoms with E-state index < -0.39 is 11.0 Å². The quantitative estimate of drug-likeness (QED) is 0.672. The average molecular weight is 331 g/mol. The number of rotatable bonds is 5. The lowest BCUT2D eigenvalue weighted by atomic mass is 9.99. The van der Waals surface area contributed by atoms with Gasteiger partial charge in [0.15, 0.2) is 11.5 Å². The highest BCUT2D eigenvalue weighted by Gasteiger charge is 2.24. The predicted molar refractivity (Wildman–Crippen MR) is 83.8 cm³/mol. The molecular weight excluding hydrogens is 316 g/mol. The number of ether oxygens (including phenoxy) is 2. The summed E-state index contributed by atoms with van der Waals surface area (Å²) in [6.45, 7) is 0. The number of methoxy groups -OCH3 is 2. The molecule has 0 amide bonds. The lowest BCUT2D eigenvalue weighted by Crippen LogP contribution is -2.13. The zero-order chi connectivity index (χ0) is 14.7. The maximum Gasteiger partial charge on any atom is 0.278 e. The molecule has 0 aliphatic heterocycles. The first-order valence-corrected chi connectivity index (χ1v) is 6.70. The Morgan fingerprint density at radius 1 is 1.29 bits per heavy atom. The number of hydrogen-bond acceptors (Lipinski definition) is 6. The molecule has 0 fully saturated rings. The summed E-state index contributed by atoms with van der Waals surface area (Å²) in [5.74, 6) is 0.722. The van der Waals surface area contributed by atoms with Crippen molar-refractivity contribution < 1.29 is 14.4 Å². The van der Waals surface area contributed by atoms with Gasteiger partial charge < -0.3 is 15.2 Å². The standard InChI is InChI=1S/C13H14N2O4S.ClH/c1-18-11-5-9(13(14)8-3-4-20-7-8)10(15(16)17)6-12(11)19-2;/h3-7,13H,14H2,1-2H3;1H/t13-;/m0./s1. The number of halogens is 1. The highest BCUT2D eigenvalue weighted by atomic mass is 35.5. The van der Waals surface area contributed by atoms with Crippen molar-refractivity contribution in [3.8, 4) is 11.5 Å². The third-order valence-electron chi connectivity index (χ3n) is 2.97. The Balaban J connectivity index is 0.00000220. The summed E-state index contributed by atoms with van der Waals surface area (Å²) >= 11 is 1.49. The summed E-state index contributed by atoms with van der Waals surface area (Å²) in [4.78, 5) is 10.8. The van der Waals surface area contributed by atoms with Crippen LogP contribution in [0.2, 0.25) is 0 Å². The van der Waals surface area contributed by atoms with Gasteiger partial charge in [-0.3, -0.25) is 10.1 Å². The molecule has 8 heteroatoms. The Bertz CT molecular complexity index is 619. The molecule has 1 aromatic heterocycles. The molecule has 0 aliphatic carbocycles. The Kier molecular flexibility index (Phi) is 5.95. The van der Waals surface area contributed by atoms with E-state index in [0.29, 0.717) is 17.1 Å². The monoisotopic (exact) mass is 330 g/mol. The van der Waals surface area contributed by atoms with Crippen LogP contribution in [0.15, 0.2) is 29.0 Å². The van der Waals surface area contributed by atoms with E-state index in [4.69, 9.17) is 15.2 Å². The van der Waals surface area contributed by atoms with Crippen LogP contribution in [-0.4, -0.2) is 19.1 Å². The molecule has 0 radical (unpaired) electrons. The van der Waals surface area contributed by atoms with Crippen molar-refractivity contribution in [1.29, 1.82) is 0 Å². The Hall–Kier alpha value is -1.83. The maximum atomic E-state index is 11.2. The third kappa shape index (κ3) is 3.44. The minimum absolute atomic E-state index is 0. The van der Waals surface area contributed by atoms with E-state index in [1.165, 1.54) is 31.6 Å². The van der Waals surface area contributed by atoms with Crippen LogP contribution in [0.25, 0.3) is 0 Å². The Morgan fingerprint density at radius 3 is 2.38 bits per heavy atom. The number of thiophene rings is 1. The van der Waals surface area contributed by atoms with Gasteiger partial charge in [-0.25, -0.2) is 0 Å². The van der Waals surface area contributed by atoms with Gasteiger partial charge >= 0.3 is 0 Å². The van der Waals surface area contributed by atoms with Gasteiger partial charge in [0.1, 0.15) is 0 Å². The van der Waals surface area contributed by atoms with Gasteiger partial charge in [0.2, 0.25) is 0 Å². The molecule has 0 saturated heterocycles. The number of nitro groups is 1. The highest BCUT2D eigenvalue weighted by Crippen LogP contribution is 2.38. The second-order valence-corrected chi connectivity index (χ2v) is 4.84. The molecule has 1 heterocycles. The molecule has 2 aromatic rings. The summed E-state index contributed by atoms with van der Waals surface area (Å²) in [5.41, 5.74) is 7.26. The molecular formula is C13H15ClN2O4S. The van der Waals surface area contributed by atoms with E-state index >= 15 is 0 Å². The van der Waals surface area contributed by atoms with E-state index in [-0.39, 0.29) is 18.1 Å². The minimum Gasteiger partial charge on any atom is -0.493 e. The SMILES string of the molecule is COc1cc([C@@H](N)c2ccsc2)c([N+](=O)[O-])cc1OC.Cl. The van der Waals surface area contributed by atoms with E-state index in [0.717, 1.165) is 5.56 Å². The normalized spacial score (nSPS) is 11.4. The van der Waals surface area contributed by atoms with Crippen LogP contribution in [0.4, 0.5) is 5.69 Å². The number of nitrogens with zero attached hydrogens (tertiary/aromatic N) is 1. The fourth-order valence-electron chi connectivity index (χ4n) is 1.92. The summed E-state index contributed by atoms with van der Waals surface area (Å²) in [7, 11) is 2.91. The second kappa shape index (κ2) is 7.26. The van der Waals surface area contributed by atoms with Gasteiger partial charge in [-0.05, 0) is 28.5 Å². The fraction of sp³-hybridized carbons (Fsp3) is 0.231. The number of benzene rings is 1. The lowest BCUT2D eigenvalue weighted by molar-refractivity contribution is -0.385. The minimum atomic E-state index is -0.582. The van der Waals surface area contributed by atoms with Crippen LogP contribution in [0, 0.1) is 10.1 Å².